The Hall–Kier alpha value is -0.800. The second-order valence-corrected chi connectivity index (χ2v) is 4.56. The molecule has 1 fully saturated rings. The molecule has 0 atom stereocenters. The fourth-order valence-electron chi connectivity index (χ4n) is 2.10. The molecule has 0 unspecified atom stereocenters. The van der Waals surface area contributed by atoms with Crippen molar-refractivity contribution in [1.29, 1.82) is 0 Å². The van der Waals surface area contributed by atoms with Crippen LogP contribution in [0.5, 0.6) is 0 Å². The van der Waals surface area contributed by atoms with E-state index in [0.717, 1.165) is 25.7 Å². The molecular weight excluding hydrogens is 185 g/mol. The zero-order chi connectivity index (χ0) is 10.8. The van der Waals surface area contributed by atoms with Gasteiger partial charge in [-0.15, -0.1) is 0 Å². The van der Waals surface area contributed by atoms with Crippen LogP contribution in [0.25, 0.3) is 0 Å². The SMILES string of the molecule is CC(C)(F)C1CCC(NC(=O)O)CC1. The standard InChI is InChI=1S/C10H18FNO2/c1-10(2,11)7-3-5-8(6-4-7)12-9(13)14/h7-8,12H,3-6H2,1-2H3,(H,13,14). The second kappa shape index (κ2) is 4.15. The highest BCUT2D eigenvalue weighted by Crippen LogP contribution is 2.34. The first-order valence-corrected chi connectivity index (χ1v) is 5.08. The molecule has 0 aliphatic heterocycles. The number of hydrogen-bond donors (Lipinski definition) is 2. The molecule has 0 aromatic rings. The summed E-state index contributed by atoms with van der Waals surface area (Å²) in [6.45, 7) is 3.20. The van der Waals surface area contributed by atoms with E-state index >= 15 is 0 Å². The van der Waals surface area contributed by atoms with Crippen LogP contribution in [0.3, 0.4) is 0 Å². The number of rotatable bonds is 2. The van der Waals surface area contributed by atoms with Gasteiger partial charge in [-0.1, -0.05) is 0 Å². The Balaban J connectivity index is 2.35. The minimum atomic E-state index is -1.13. The van der Waals surface area contributed by atoms with Crippen LogP contribution < -0.4 is 5.32 Å². The Morgan fingerprint density at radius 3 is 2.21 bits per heavy atom. The van der Waals surface area contributed by atoms with Crippen molar-refractivity contribution in [3.8, 4) is 0 Å². The lowest BCUT2D eigenvalue weighted by Gasteiger charge is -2.34. The van der Waals surface area contributed by atoms with Crippen molar-refractivity contribution >= 4 is 6.09 Å². The van der Waals surface area contributed by atoms with Crippen LogP contribution in [-0.4, -0.2) is 22.9 Å². The molecule has 0 aromatic heterocycles. The number of nitrogens with one attached hydrogen (secondary N) is 1. The second-order valence-electron chi connectivity index (χ2n) is 4.56. The van der Waals surface area contributed by atoms with Gasteiger partial charge in [-0.3, -0.25) is 0 Å². The van der Waals surface area contributed by atoms with Crippen LogP contribution >= 0.6 is 0 Å². The van der Waals surface area contributed by atoms with Gasteiger partial charge in [0, 0.05) is 6.04 Å². The maximum atomic E-state index is 13.5. The van der Waals surface area contributed by atoms with Crippen LogP contribution in [0.1, 0.15) is 39.5 Å². The van der Waals surface area contributed by atoms with Gasteiger partial charge in [0.15, 0.2) is 0 Å². The summed E-state index contributed by atoms with van der Waals surface area (Å²) in [5.41, 5.74) is -1.13. The van der Waals surface area contributed by atoms with Gasteiger partial charge in [0.05, 0.1) is 0 Å². The Bertz CT molecular complexity index is 205. The lowest BCUT2D eigenvalue weighted by molar-refractivity contribution is 0.0855. The molecule has 3 nitrogen and oxygen atoms in total. The molecule has 0 radical (unpaired) electrons. The van der Waals surface area contributed by atoms with Crippen molar-refractivity contribution in [2.45, 2.75) is 51.2 Å². The van der Waals surface area contributed by atoms with Gasteiger partial charge >= 0.3 is 6.09 Å². The molecule has 1 rings (SSSR count). The van der Waals surface area contributed by atoms with Gasteiger partial charge in [-0.25, -0.2) is 9.18 Å². The average molecular weight is 203 g/mol. The van der Waals surface area contributed by atoms with E-state index in [0.29, 0.717) is 0 Å². The third kappa shape index (κ3) is 3.16. The van der Waals surface area contributed by atoms with Crippen molar-refractivity contribution in [1.82, 2.24) is 5.32 Å². The van der Waals surface area contributed by atoms with Gasteiger partial charge in [-0.2, -0.15) is 0 Å². The molecule has 0 spiro atoms. The minimum Gasteiger partial charge on any atom is -0.465 e. The third-order valence-corrected chi connectivity index (χ3v) is 3.03. The Labute approximate surface area is 83.7 Å². The van der Waals surface area contributed by atoms with E-state index < -0.39 is 11.8 Å². The van der Waals surface area contributed by atoms with Gasteiger partial charge in [0.1, 0.15) is 5.67 Å². The van der Waals surface area contributed by atoms with Crippen molar-refractivity contribution < 1.29 is 14.3 Å². The summed E-state index contributed by atoms with van der Waals surface area (Å²) in [5.74, 6) is 0.0781. The van der Waals surface area contributed by atoms with Crippen LogP contribution in [0.15, 0.2) is 0 Å². The van der Waals surface area contributed by atoms with E-state index in [9.17, 15) is 9.18 Å². The van der Waals surface area contributed by atoms with Crippen LogP contribution in [0, 0.1) is 5.92 Å². The molecule has 14 heavy (non-hydrogen) atoms. The van der Waals surface area contributed by atoms with E-state index in [-0.39, 0.29) is 12.0 Å². The first-order valence-electron chi connectivity index (χ1n) is 5.08. The number of halogens is 1. The van der Waals surface area contributed by atoms with Crippen molar-refractivity contribution in [2.75, 3.05) is 0 Å². The number of hydrogen-bond acceptors (Lipinski definition) is 1. The first-order chi connectivity index (χ1) is 6.39. The highest BCUT2D eigenvalue weighted by molar-refractivity contribution is 5.64. The molecule has 0 aromatic carbocycles. The maximum Gasteiger partial charge on any atom is 0.404 e. The Morgan fingerprint density at radius 2 is 1.86 bits per heavy atom. The molecule has 1 aliphatic carbocycles. The lowest BCUT2D eigenvalue weighted by Crippen LogP contribution is -2.39. The predicted molar refractivity (Wildman–Crippen MR) is 52.1 cm³/mol. The molecular formula is C10H18FNO2. The number of carboxylic acid groups (broad SMARTS) is 1. The summed E-state index contributed by atoms with van der Waals surface area (Å²) >= 11 is 0. The van der Waals surface area contributed by atoms with E-state index in [4.69, 9.17) is 5.11 Å². The smallest absolute Gasteiger partial charge is 0.404 e. The summed E-state index contributed by atoms with van der Waals surface area (Å²) in [5, 5.41) is 11.0. The number of alkyl halides is 1. The van der Waals surface area contributed by atoms with E-state index in [1.165, 1.54) is 0 Å². The van der Waals surface area contributed by atoms with Crippen LogP contribution in [-0.2, 0) is 0 Å². The van der Waals surface area contributed by atoms with Crippen LogP contribution in [0.4, 0.5) is 9.18 Å². The lowest BCUT2D eigenvalue weighted by atomic mass is 9.78. The molecule has 0 saturated heterocycles. The van der Waals surface area contributed by atoms with Crippen molar-refractivity contribution in [3.63, 3.8) is 0 Å². The minimum absolute atomic E-state index is 0.0195. The molecule has 0 heterocycles. The van der Waals surface area contributed by atoms with E-state index in [2.05, 4.69) is 5.32 Å². The largest absolute Gasteiger partial charge is 0.465 e. The topological polar surface area (TPSA) is 49.3 Å². The quantitative estimate of drug-likeness (QED) is 0.724. The van der Waals surface area contributed by atoms with Gasteiger partial charge in [0.2, 0.25) is 0 Å². The summed E-state index contributed by atoms with van der Waals surface area (Å²) in [7, 11) is 0. The molecule has 4 heteroatoms. The maximum absolute atomic E-state index is 13.5. The highest BCUT2D eigenvalue weighted by Gasteiger charge is 2.33. The van der Waals surface area contributed by atoms with Crippen molar-refractivity contribution in [3.05, 3.63) is 0 Å². The average Bonchev–Trinajstić information content (AvgIpc) is 2.02. The van der Waals surface area contributed by atoms with Crippen molar-refractivity contribution in [2.24, 2.45) is 5.92 Å². The Morgan fingerprint density at radius 1 is 1.36 bits per heavy atom. The fourth-order valence-corrected chi connectivity index (χ4v) is 2.10. The predicted octanol–water partition coefficient (Wildman–Crippen LogP) is 2.56. The normalized spacial score (nSPS) is 28.5. The Kier molecular flexibility index (Phi) is 3.34. The highest BCUT2D eigenvalue weighted by atomic mass is 19.1. The number of carbonyl (C=O) groups is 1. The third-order valence-electron chi connectivity index (χ3n) is 3.03. The molecule has 1 aliphatic rings. The van der Waals surface area contributed by atoms with Crippen LogP contribution in [0.2, 0.25) is 0 Å². The molecule has 1 saturated carbocycles. The molecule has 0 bridgehead atoms. The van der Waals surface area contributed by atoms with E-state index in [1.54, 1.807) is 13.8 Å². The van der Waals surface area contributed by atoms with E-state index in [1.807, 2.05) is 0 Å². The number of amides is 1. The fraction of sp³-hybridized carbons (Fsp3) is 0.900. The van der Waals surface area contributed by atoms with Gasteiger partial charge in [0.25, 0.3) is 0 Å². The zero-order valence-corrected chi connectivity index (χ0v) is 8.72. The monoisotopic (exact) mass is 203 g/mol. The molecule has 1 amide bonds. The first kappa shape index (κ1) is 11.3. The van der Waals surface area contributed by atoms with Gasteiger partial charge < -0.3 is 10.4 Å². The summed E-state index contributed by atoms with van der Waals surface area (Å²) < 4.78 is 13.5. The summed E-state index contributed by atoms with van der Waals surface area (Å²) in [6.07, 6.45) is 2.07. The summed E-state index contributed by atoms with van der Waals surface area (Å²) in [4.78, 5) is 10.4. The summed E-state index contributed by atoms with van der Waals surface area (Å²) in [6, 6.07) is 0.0195. The van der Waals surface area contributed by atoms with Gasteiger partial charge in [-0.05, 0) is 45.4 Å². The molecule has 2 N–H and O–H groups in total. The molecule has 82 valence electrons. The zero-order valence-electron chi connectivity index (χ0n) is 8.72.